The highest BCUT2D eigenvalue weighted by Crippen LogP contribution is 2.31. The molecule has 16 heavy (non-hydrogen) atoms. The predicted octanol–water partition coefficient (Wildman–Crippen LogP) is 3.68. The van der Waals surface area contributed by atoms with Crippen molar-refractivity contribution in [2.75, 3.05) is 0 Å². The fourth-order valence-electron chi connectivity index (χ4n) is 1.22. The van der Waals surface area contributed by atoms with Gasteiger partial charge in [0.25, 0.3) is 0 Å². The van der Waals surface area contributed by atoms with Crippen LogP contribution in [0.1, 0.15) is 30.5 Å². The zero-order chi connectivity index (χ0) is 11.6. The first-order valence-corrected chi connectivity index (χ1v) is 4.48. The summed E-state index contributed by atoms with van der Waals surface area (Å²) in [5.74, 6) is -0.904. The molecule has 6 heteroatoms. The number of hydrogen-bond acceptors (Lipinski definition) is 1. The molecule has 1 atom stereocenters. The molecule has 1 aromatic carbocycles. The van der Waals surface area contributed by atoms with E-state index in [1.165, 1.54) is 0 Å². The largest absolute Gasteiger partial charge is 0.416 e. The Morgan fingerprint density at radius 1 is 1.31 bits per heavy atom. The minimum atomic E-state index is -4.52. The maximum absolute atomic E-state index is 13.2. The van der Waals surface area contributed by atoms with Crippen LogP contribution in [-0.2, 0) is 6.18 Å². The second-order valence-electron chi connectivity index (χ2n) is 3.25. The molecule has 2 N–H and O–H groups in total. The minimum Gasteiger partial charge on any atom is -0.324 e. The third kappa shape index (κ3) is 3.35. The van der Waals surface area contributed by atoms with Gasteiger partial charge in [0.1, 0.15) is 5.82 Å². The first kappa shape index (κ1) is 15.2. The molecule has 0 aliphatic carbocycles. The van der Waals surface area contributed by atoms with E-state index in [0.717, 1.165) is 12.1 Å². The van der Waals surface area contributed by atoms with Crippen LogP contribution in [0.25, 0.3) is 0 Å². The number of hydrogen-bond donors (Lipinski definition) is 1. The van der Waals surface area contributed by atoms with Crippen LogP contribution in [-0.4, -0.2) is 0 Å². The summed E-state index contributed by atoms with van der Waals surface area (Å²) in [7, 11) is 0. The predicted molar refractivity (Wildman–Crippen MR) is 55.9 cm³/mol. The zero-order valence-electron chi connectivity index (χ0n) is 8.51. The van der Waals surface area contributed by atoms with Crippen LogP contribution in [0, 0.1) is 5.82 Å². The molecule has 0 radical (unpaired) electrons. The number of alkyl halides is 3. The van der Waals surface area contributed by atoms with Crippen molar-refractivity contribution in [3.8, 4) is 0 Å². The molecule has 0 spiro atoms. The average Bonchev–Trinajstić information content (AvgIpc) is 2.15. The summed E-state index contributed by atoms with van der Waals surface area (Å²) in [6.45, 7) is 1.74. The van der Waals surface area contributed by atoms with Crippen LogP contribution in [0.2, 0.25) is 0 Å². The summed E-state index contributed by atoms with van der Waals surface area (Å²) >= 11 is 0. The highest BCUT2D eigenvalue weighted by atomic mass is 35.5. The molecule has 1 aromatic rings. The summed E-state index contributed by atoms with van der Waals surface area (Å²) < 4.78 is 49.8. The molecule has 1 nitrogen and oxygen atoms in total. The van der Waals surface area contributed by atoms with Crippen molar-refractivity contribution >= 4 is 12.4 Å². The lowest BCUT2D eigenvalue weighted by Crippen LogP contribution is -2.12. The molecule has 0 aliphatic heterocycles. The molecule has 0 aromatic heterocycles. The Morgan fingerprint density at radius 3 is 2.25 bits per heavy atom. The van der Waals surface area contributed by atoms with Crippen molar-refractivity contribution in [1.29, 1.82) is 0 Å². The SMILES string of the molecule is CC[C@H](N)c1ccc(C(F)(F)F)cc1F.Cl. The smallest absolute Gasteiger partial charge is 0.324 e. The number of benzene rings is 1. The number of rotatable bonds is 2. The van der Waals surface area contributed by atoms with E-state index in [4.69, 9.17) is 5.73 Å². The number of halogens is 5. The van der Waals surface area contributed by atoms with Gasteiger partial charge in [-0.2, -0.15) is 13.2 Å². The van der Waals surface area contributed by atoms with Gasteiger partial charge in [-0.1, -0.05) is 13.0 Å². The zero-order valence-corrected chi connectivity index (χ0v) is 9.33. The van der Waals surface area contributed by atoms with Gasteiger partial charge in [0.2, 0.25) is 0 Å². The van der Waals surface area contributed by atoms with E-state index in [1.807, 2.05) is 0 Å². The monoisotopic (exact) mass is 257 g/mol. The topological polar surface area (TPSA) is 26.0 Å². The summed E-state index contributed by atoms with van der Waals surface area (Å²) in [5.41, 5.74) is 4.66. The van der Waals surface area contributed by atoms with Gasteiger partial charge in [-0.15, -0.1) is 12.4 Å². The molecule has 1 rings (SSSR count). The van der Waals surface area contributed by atoms with Gasteiger partial charge in [0.05, 0.1) is 5.56 Å². The van der Waals surface area contributed by atoms with E-state index >= 15 is 0 Å². The fraction of sp³-hybridized carbons (Fsp3) is 0.400. The van der Waals surface area contributed by atoms with E-state index in [0.29, 0.717) is 12.5 Å². The van der Waals surface area contributed by atoms with Gasteiger partial charge >= 0.3 is 6.18 Å². The first-order valence-electron chi connectivity index (χ1n) is 4.48. The molecular formula is C10H12ClF4N. The van der Waals surface area contributed by atoms with Gasteiger partial charge in [0, 0.05) is 11.6 Å². The third-order valence-corrected chi connectivity index (χ3v) is 2.17. The minimum absolute atomic E-state index is 0. The van der Waals surface area contributed by atoms with Crippen LogP contribution in [0.4, 0.5) is 17.6 Å². The van der Waals surface area contributed by atoms with E-state index in [2.05, 4.69) is 0 Å². The molecule has 0 bridgehead atoms. The number of nitrogens with two attached hydrogens (primary N) is 1. The Balaban J connectivity index is 0.00000225. The second-order valence-corrected chi connectivity index (χ2v) is 3.25. The Kier molecular flexibility index (Phi) is 5.22. The summed E-state index contributed by atoms with van der Waals surface area (Å²) in [6, 6.07) is 1.85. The van der Waals surface area contributed by atoms with Crippen molar-refractivity contribution in [3.63, 3.8) is 0 Å². The van der Waals surface area contributed by atoms with Crippen molar-refractivity contribution in [2.45, 2.75) is 25.6 Å². The van der Waals surface area contributed by atoms with Gasteiger partial charge in [-0.3, -0.25) is 0 Å². The van der Waals surface area contributed by atoms with Crippen molar-refractivity contribution < 1.29 is 17.6 Å². The maximum Gasteiger partial charge on any atom is 0.416 e. The Hall–Kier alpha value is -0.810. The quantitative estimate of drug-likeness (QED) is 0.804. The molecular weight excluding hydrogens is 246 g/mol. The Labute approximate surface area is 97.0 Å². The van der Waals surface area contributed by atoms with E-state index in [9.17, 15) is 17.6 Å². The fourth-order valence-corrected chi connectivity index (χ4v) is 1.22. The van der Waals surface area contributed by atoms with Crippen LogP contribution in [0.3, 0.4) is 0 Å². The van der Waals surface area contributed by atoms with Crippen molar-refractivity contribution in [2.24, 2.45) is 5.73 Å². The molecule has 0 aliphatic rings. The molecule has 0 saturated carbocycles. The lowest BCUT2D eigenvalue weighted by molar-refractivity contribution is -0.137. The van der Waals surface area contributed by atoms with Crippen LogP contribution < -0.4 is 5.73 Å². The molecule has 0 fully saturated rings. The van der Waals surface area contributed by atoms with Gasteiger partial charge in [-0.25, -0.2) is 4.39 Å². The lowest BCUT2D eigenvalue weighted by atomic mass is 10.0. The molecule has 0 saturated heterocycles. The van der Waals surface area contributed by atoms with Crippen LogP contribution in [0.15, 0.2) is 18.2 Å². The standard InChI is InChI=1S/C10H11F4N.ClH/c1-2-9(15)7-4-3-6(5-8(7)11)10(12,13)14;/h3-5,9H,2,15H2,1H3;1H/t9-;/m0./s1. The maximum atomic E-state index is 13.2. The summed E-state index contributed by atoms with van der Waals surface area (Å²) in [5, 5.41) is 0. The van der Waals surface area contributed by atoms with Crippen LogP contribution in [0.5, 0.6) is 0 Å². The van der Waals surface area contributed by atoms with E-state index in [-0.39, 0.29) is 18.0 Å². The van der Waals surface area contributed by atoms with Crippen molar-refractivity contribution in [3.05, 3.63) is 35.1 Å². The third-order valence-electron chi connectivity index (χ3n) is 2.17. The van der Waals surface area contributed by atoms with Gasteiger partial charge in [-0.05, 0) is 18.6 Å². The normalized spacial score (nSPS) is 13.1. The van der Waals surface area contributed by atoms with E-state index < -0.39 is 23.6 Å². The second kappa shape index (κ2) is 5.50. The molecule has 0 heterocycles. The summed E-state index contributed by atoms with van der Waals surface area (Å²) in [4.78, 5) is 0. The van der Waals surface area contributed by atoms with Crippen LogP contribution >= 0.6 is 12.4 Å². The molecule has 92 valence electrons. The first-order chi connectivity index (χ1) is 6.86. The highest BCUT2D eigenvalue weighted by Gasteiger charge is 2.31. The van der Waals surface area contributed by atoms with Gasteiger partial charge in [0.15, 0.2) is 0 Å². The highest BCUT2D eigenvalue weighted by molar-refractivity contribution is 5.85. The molecule has 0 unspecified atom stereocenters. The lowest BCUT2D eigenvalue weighted by Gasteiger charge is -2.12. The molecule has 0 amide bonds. The van der Waals surface area contributed by atoms with Gasteiger partial charge < -0.3 is 5.73 Å². The van der Waals surface area contributed by atoms with E-state index in [1.54, 1.807) is 6.92 Å². The average molecular weight is 258 g/mol. The summed E-state index contributed by atoms with van der Waals surface area (Å²) in [6.07, 6.45) is -4.04. The van der Waals surface area contributed by atoms with Crippen molar-refractivity contribution in [1.82, 2.24) is 0 Å². The Bertz CT molecular complexity index is 351. The Morgan fingerprint density at radius 2 is 1.88 bits per heavy atom.